The number of benzene rings is 2. The molecule has 9 heteroatoms. The lowest BCUT2D eigenvalue weighted by atomic mass is 10.1. The molecule has 0 bridgehead atoms. The highest BCUT2D eigenvalue weighted by Gasteiger charge is 2.14. The van der Waals surface area contributed by atoms with E-state index in [4.69, 9.17) is 16.6 Å². The van der Waals surface area contributed by atoms with Crippen LogP contribution in [0.1, 0.15) is 23.8 Å². The van der Waals surface area contributed by atoms with E-state index in [2.05, 4.69) is 20.6 Å². The Morgan fingerprint density at radius 1 is 1.00 bits per heavy atom. The normalized spacial score (nSPS) is 11.8. The molecule has 0 fully saturated rings. The molecule has 3 aromatic rings. The Labute approximate surface area is 181 Å². The van der Waals surface area contributed by atoms with Gasteiger partial charge < -0.3 is 9.73 Å². The van der Waals surface area contributed by atoms with E-state index in [-0.39, 0.29) is 11.4 Å². The minimum Gasteiger partial charge on any atom is -0.468 e. The number of hydrazone groups is 1. The van der Waals surface area contributed by atoms with Crippen molar-refractivity contribution in [3.8, 4) is 0 Å². The zero-order valence-electron chi connectivity index (χ0n) is 16.3. The van der Waals surface area contributed by atoms with Crippen LogP contribution in [0.5, 0.6) is 0 Å². The predicted octanol–water partition coefficient (Wildman–Crippen LogP) is 3.15. The first-order chi connectivity index (χ1) is 14.4. The summed E-state index contributed by atoms with van der Waals surface area (Å²) < 4.78 is 32.4. The molecule has 0 aliphatic heterocycles. The molecule has 0 saturated heterocycles. The Balaban J connectivity index is 1.54. The number of hydrogen-bond donors (Lipinski definition) is 3. The van der Waals surface area contributed by atoms with Gasteiger partial charge in [0.05, 0.1) is 23.4 Å². The molecule has 30 heavy (non-hydrogen) atoms. The summed E-state index contributed by atoms with van der Waals surface area (Å²) in [5.41, 5.74) is 5.36. The smallest absolute Gasteiger partial charge is 0.240 e. The minimum atomic E-state index is -3.63. The molecule has 0 spiro atoms. The minimum absolute atomic E-state index is 0.0922. The Morgan fingerprint density at radius 2 is 1.73 bits per heavy atom. The van der Waals surface area contributed by atoms with Gasteiger partial charge in [0.1, 0.15) is 5.76 Å². The molecule has 0 amide bonds. The summed E-state index contributed by atoms with van der Waals surface area (Å²) in [4.78, 5) is 0.165. The highest BCUT2D eigenvalue weighted by Crippen LogP contribution is 2.12. The van der Waals surface area contributed by atoms with Crippen LogP contribution < -0.4 is 15.5 Å². The lowest BCUT2D eigenvalue weighted by Gasteiger charge is -2.09. The first-order valence-corrected chi connectivity index (χ1v) is 11.1. The molecular formula is C21H22N4O3S2. The summed E-state index contributed by atoms with van der Waals surface area (Å²) in [5.74, 6) is 0.543. The van der Waals surface area contributed by atoms with E-state index in [0.29, 0.717) is 23.1 Å². The van der Waals surface area contributed by atoms with Gasteiger partial charge in [-0.15, -0.1) is 0 Å². The summed E-state index contributed by atoms with van der Waals surface area (Å²) >= 11 is 5.23. The number of hydrogen-bond acceptors (Lipinski definition) is 5. The lowest BCUT2D eigenvalue weighted by molar-refractivity contribution is 0.498. The van der Waals surface area contributed by atoms with Gasteiger partial charge in [0.15, 0.2) is 5.11 Å². The van der Waals surface area contributed by atoms with Gasteiger partial charge in [0.25, 0.3) is 0 Å². The van der Waals surface area contributed by atoms with Crippen molar-refractivity contribution in [2.24, 2.45) is 5.10 Å². The van der Waals surface area contributed by atoms with Gasteiger partial charge in [0.2, 0.25) is 10.0 Å². The fraction of sp³-hybridized carbons (Fsp3) is 0.143. The molecule has 0 aliphatic rings. The third-order valence-corrected chi connectivity index (χ3v) is 5.87. The quantitative estimate of drug-likeness (QED) is 0.282. The van der Waals surface area contributed by atoms with E-state index in [9.17, 15) is 8.42 Å². The SMILES string of the molecule is CC(=NNC(=S)NCc1ccccc1)c1ccc(S(=O)(=O)NCc2ccco2)cc1. The van der Waals surface area contributed by atoms with Gasteiger partial charge in [-0.05, 0) is 54.5 Å². The van der Waals surface area contributed by atoms with Crippen LogP contribution in [0.2, 0.25) is 0 Å². The van der Waals surface area contributed by atoms with Crippen LogP contribution >= 0.6 is 12.2 Å². The van der Waals surface area contributed by atoms with Crippen LogP contribution in [0.25, 0.3) is 0 Å². The van der Waals surface area contributed by atoms with Crippen molar-refractivity contribution in [2.75, 3.05) is 0 Å². The van der Waals surface area contributed by atoms with Crippen LogP contribution in [0.3, 0.4) is 0 Å². The van der Waals surface area contributed by atoms with Crippen LogP contribution in [0, 0.1) is 0 Å². The Hall–Kier alpha value is -3.01. The standard InChI is InChI=1S/C21H22N4O3S2/c1-16(24-25-21(29)22-14-17-6-3-2-4-7-17)18-9-11-20(12-10-18)30(26,27)23-15-19-8-5-13-28-19/h2-13,23H,14-15H2,1H3,(H2,22,25,29). The van der Waals surface area contributed by atoms with E-state index in [1.165, 1.54) is 18.4 Å². The predicted molar refractivity (Wildman–Crippen MR) is 120 cm³/mol. The summed E-state index contributed by atoms with van der Waals surface area (Å²) in [6, 6.07) is 19.8. The van der Waals surface area contributed by atoms with Gasteiger partial charge in [-0.25, -0.2) is 13.1 Å². The van der Waals surface area contributed by atoms with Crippen molar-refractivity contribution in [2.45, 2.75) is 24.9 Å². The highest BCUT2D eigenvalue weighted by molar-refractivity contribution is 7.89. The average Bonchev–Trinajstić information content (AvgIpc) is 3.29. The Morgan fingerprint density at radius 3 is 2.40 bits per heavy atom. The fourth-order valence-corrected chi connectivity index (χ4v) is 3.67. The number of sulfonamides is 1. The molecule has 3 N–H and O–H groups in total. The van der Waals surface area contributed by atoms with Crippen molar-refractivity contribution in [1.82, 2.24) is 15.5 Å². The maximum absolute atomic E-state index is 12.4. The van der Waals surface area contributed by atoms with Crippen LogP contribution in [0.4, 0.5) is 0 Å². The van der Waals surface area contributed by atoms with Crippen LogP contribution in [-0.4, -0.2) is 19.2 Å². The molecular weight excluding hydrogens is 420 g/mol. The maximum atomic E-state index is 12.4. The molecule has 3 rings (SSSR count). The molecule has 7 nitrogen and oxygen atoms in total. The van der Waals surface area contributed by atoms with Crippen molar-refractivity contribution in [3.63, 3.8) is 0 Å². The van der Waals surface area contributed by atoms with Gasteiger partial charge in [0, 0.05) is 6.54 Å². The second-order valence-electron chi connectivity index (χ2n) is 6.41. The van der Waals surface area contributed by atoms with E-state index < -0.39 is 10.0 Å². The molecule has 0 atom stereocenters. The van der Waals surface area contributed by atoms with Crippen LogP contribution in [0.15, 0.2) is 87.4 Å². The van der Waals surface area contributed by atoms with E-state index in [0.717, 1.165) is 11.1 Å². The molecule has 2 aromatic carbocycles. The molecule has 0 unspecified atom stereocenters. The Bertz CT molecular complexity index is 1090. The molecule has 156 valence electrons. The average molecular weight is 443 g/mol. The van der Waals surface area contributed by atoms with Gasteiger partial charge in [-0.1, -0.05) is 42.5 Å². The highest BCUT2D eigenvalue weighted by atomic mass is 32.2. The third kappa shape index (κ3) is 6.24. The molecule has 0 saturated carbocycles. The topological polar surface area (TPSA) is 95.7 Å². The van der Waals surface area contributed by atoms with E-state index in [1.807, 2.05) is 37.3 Å². The fourth-order valence-electron chi connectivity index (χ4n) is 2.55. The first-order valence-electron chi connectivity index (χ1n) is 9.18. The zero-order chi connectivity index (χ0) is 21.4. The largest absolute Gasteiger partial charge is 0.468 e. The summed E-state index contributed by atoms with van der Waals surface area (Å²) in [6.45, 7) is 2.50. The Kier molecular flexibility index (Phi) is 7.34. The number of furan rings is 1. The van der Waals surface area contributed by atoms with Crippen LogP contribution in [-0.2, 0) is 23.1 Å². The second kappa shape index (κ2) is 10.1. The monoisotopic (exact) mass is 442 g/mol. The molecule has 0 aliphatic carbocycles. The first kappa shape index (κ1) is 21.7. The summed E-state index contributed by atoms with van der Waals surface area (Å²) in [7, 11) is -3.63. The summed E-state index contributed by atoms with van der Waals surface area (Å²) in [6.07, 6.45) is 1.50. The lowest BCUT2D eigenvalue weighted by Crippen LogP contribution is -2.32. The number of rotatable bonds is 8. The second-order valence-corrected chi connectivity index (χ2v) is 8.58. The van der Waals surface area contributed by atoms with Crippen molar-refractivity contribution >= 4 is 33.1 Å². The maximum Gasteiger partial charge on any atom is 0.240 e. The van der Waals surface area contributed by atoms with E-state index in [1.54, 1.807) is 24.3 Å². The molecule has 1 aromatic heterocycles. The number of thiocarbonyl (C=S) groups is 1. The third-order valence-electron chi connectivity index (χ3n) is 4.22. The van der Waals surface area contributed by atoms with Gasteiger partial charge >= 0.3 is 0 Å². The zero-order valence-corrected chi connectivity index (χ0v) is 18.0. The number of nitrogens with one attached hydrogen (secondary N) is 3. The van der Waals surface area contributed by atoms with Crippen molar-refractivity contribution in [3.05, 3.63) is 89.9 Å². The van der Waals surface area contributed by atoms with Gasteiger partial charge in [-0.2, -0.15) is 5.10 Å². The van der Waals surface area contributed by atoms with Crippen molar-refractivity contribution < 1.29 is 12.8 Å². The molecule has 1 heterocycles. The molecule has 0 radical (unpaired) electrons. The summed E-state index contributed by atoms with van der Waals surface area (Å²) in [5, 5.41) is 7.73. The number of nitrogens with zero attached hydrogens (tertiary/aromatic N) is 1. The van der Waals surface area contributed by atoms with E-state index >= 15 is 0 Å². The van der Waals surface area contributed by atoms with Crippen molar-refractivity contribution in [1.29, 1.82) is 0 Å². The van der Waals surface area contributed by atoms with Gasteiger partial charge in [-0.3, -0.25) is 5.43 Å².